The van der Waals surface area contributed by atoms with E-state index in [0.717, 1.165) is 25.2 Å². The molecule has 4 nitrogen and oxygen atoms in total. The number of hydrogen-bond acceptors (Lipinski definition) is 3. The van der Waals surface area contributed by atoms with Crippen LogP contribution in [0.25, 0.3) is 0 Å². The van der Waals surface area contributed by atoms with Crippen molar-refractivity contribution in [2.24, 2.45) is 0 Å². The zero-order valence-electron chi connectivity index (χ0n) is 10.3. The number of cyclic esters (lactones) is 1. The molecule has 2 aliphatic heterocycles. The fourth-order valence-corrected chi connectivity index (χ4v) is 2.79. The lowest BCUT2D eigenvalue weighted by Crippen LogP contribution is -2.39. The molecule has 2 saturated heterocycles. The Bertz CT molecular complexity index is 415. The van der Waals surface area contributed by atoms with Gasteiger partial charge in [-0.05, 0) is 31.5 Å². The first-order chi connectivity index (χ1) is 8.83. The van der Waals surface area contributed by atoms with Gasteiger partial charge < -0.3 is 15.0 Å². The summed E-state index contributed by atoms with van der Waals surface area (Å²) in [4.78, 5) is 13.9. The van der Waals surface area contributed by atoms with E-state index < -0.39 is 0 Å². The molecular formula is C14H18N2O2. The van der Waals surface area contributed by atoms with Gasteiger partial charge in [-0.1, -0.05) is 30.3 Å². The maximum atomic E-state index is 11.5. The molecule has 96 valence electrons. The third-order valence-corrected chi connectivity index (χ3v) is 3.68. The number of nitrogens with zero attached hydrogens (tertiary/aromatic N) is 1. The highest BCUT2D eigenvalue weighted by atomic mass is 16.6. The highest BCUT2D eigenvalue weighted by molar-refractivity contribution is 5.70. The molecule has 4 heteroatoms. The largest absolute Gasteiger partial charge is 0.439 e. The van der Waals surface area contributed by atoms with Crippen molar-refractivity contribution < 1.29 is 9.53 Å². The van der Waals surface area contributed by atoms with Crippen molar-refractivity contribution in [1.29, 1.82) is 0 Å². The summed E-state index contributed by atoms with van der Waals surface area (Å²) in [6, 6.07) is 10.0. The van der Waals surface area contributed by atoms with Crippen molar-refractivity contribution in [3.63, 3.8) is 0 Å². The summed E-state index contributed by atoms with van der Waals surface area (Å²) in [5, 5.41) is 2.93. The lowest BCUT2D eigenvalue weighted by Gasteiger charge is -2.22. The van der Waals surface area contributed by atoms with Crippen molar-refractivity contribution in [2.75, 3.05) is 19.6 Å². The summed E-state index contributed by atoms with van der Waals surface area (Å²) in [7, 11) is 0. The minimum Gasteiger partial charge on any atom is -0.439 e. The maximum Gasteiger partial charge on any atom is 0.408 e. The molecule has 0 saturated carbocycles. The van der Waals surface area contributed by atoms with Gasteiger partial charge in [0.1, 0.15) is 0 Å². The first-order valence-electron chi connectivity index (χ1n) is 6.57. The Balaban J connectivity index is 1.73. The second kappa shape index (κ2) is 4.98. The van der Waals surface area contributed by atoms with Crippen LogP contribution in [0.2, 0.25) is 0 Å². The van der Waals surface area contributed by atoms with Crippen LogP contribution < -0.4 is 5.32 Å². The number of amides is 1. The van der Waals surface area contributed by atoms with Crippen LogP contribution in [0.5, 0.6) is 0 Å². The van der Waals surface area contributed by atoms with Crippen LogP contribution in [-0.4, -0.2) is 36.7 Å². The van der Waals surface area contributed by atoms with Crippen molar-refractivity contribution in [3.05, 3.63) is 35.9 Å². The lowest BCUT2D eigenvalue weighted by atomic mass is 10.0. The minimum atomic E-state index is -0.298. The predicted octanol–water partition coefficient (Wildman–Crippen LogP) is 1.93. The summed E-state index contributed by atoms with van der Waals surface area (Å²) < 4.78 is 5.39. The van der Waals surface area contributed by atoms with Crippen LogP contribution in [0, 0.1) is 0 Å². The van der Waals surface area contributed by atoms with E-state index >= 15 is 0 Å². The number of nitrogens with one attached hydrogen (secondary N) is 1. The number of benzene rings is 1. The molecule has 18 heavy (non-hydrogen) atoms. The second-order valence-electron chi connectivity index (χ2n) is 5.00. The smallest absolute Gasteiger partial charge is 0.408 e. The lowest BCUT2D eigenvalue weighted by molar-refractivity contribution is 0.126. The third-order valence-electron chi connectivity index (χ3n) is 3.68. The van der Waals surface area contributed by atoms with Crippen LogP contribution in [0.3, 0.4) is 0 Å². The fourth-order valence-electron chi connectivity index (χ4n) is 2.79. The number of rotatable bonds is 3. The van der Waals surface area contributed by atoms with E-state index in [-0.39, 0.29) is 18.2 Å². The predicted molar refractivity (Wildman–Crippen MR) is 68.3 cm³/mol. The Morgan fingerprint density at radius 2 is 1.94 bits per heavy atom. The molecule has 3 rings (SSSR count). The number of hydrogen-bond donors (Lipinski definition) is 1. The zero-order valence-corrected chi connectivity index (χ0v) is 10.3. The Hall–Kier alpha value is -1.55. The Labute approximate surface area is 107 Å². The van der Waals surface area contributed by atoms with Crippen LogP contribution in [-0.2, 0) is 4.74 Å². The summed E-state index contributed by atoms with van der Waals surface area (Å²) in [5.41, 5.74) is 1.07. The number of carbonyl (C=O) groups is 1. The molecule has 1 N–H and O–H groups in total. The van der Waals surface area contributed by atoms with Gasteiger partial charge in [-0.25, -0.2) is 4.79 Å². The van der Waals surface area contributed by atoms with Crippen molar-refractivity contribution >= 4 is 6.09 Å². The van der Waals surface area contributed by atoms with Crippen molar-refractivity contribution in [2.45, 2.75) is 25.0 Å². The molecule has 2 fully saturated rings. The van der Waals surface area contributed by atoms with E-state index in [1.807, 2.05) is 30.3 Å². The monoisotopic (exact) mass is 246 g/mol. The zero-order chi connectivity index (χ0) is 12.4. The van der Waals surface area contributed by atoms with Gasteiger partial charge in [-0.3, -0.25) is 0 Å². The molecule has 0 spiro atoms. The van der Waals surface area contributed by atoms with Gasteiger partial charge in [-0.15, -0.1) is 0 Å². The van der Waals surface area contributed by atoms with Gasteiger partial charge >= 0.3 is 6.09 Å². The minimum absolute atomic E-state index is 0.0676. The molecule has 2 aliphatic rings. The fraction of sp³-hybridized carbons (Fsp3) is 0.500. The average molecular weight is 246 g/mol. The van der Waals surface area contributed by atoms with E-state index in [4.69, 9.17) is 4.74 Å². The van der Waals surface area contributed by atoms with Crippen LogP contribution in [0.4, 0.5) is 4.79 Å². The molecule has 0 unspecified atom stereocenters. The summed E-state index contributed by atoms with van der Waals surface area (Å²) in [6.45, 7) is 3.15. The van der Waals surface area contributed by atoms with E-state index in [1.54, 1.807) is 0 Å². The number of alkyl carbamates (subject to hydrolysis) is 1. The van der Waals surface area contributed by atoms with Gasteiger partial charge in [0.2, 0.25) is 0 Å². The number of carbonyl (C=O) groups excluding carboxylic acids is 1. The number of ether oxygens (including phenoxy) is 1. The molecule has 2 heterocycles. The Kier molecular flexibility index (Phi) is 3.19. The molecule has 1 aromatic rings. The van der Waals surface area contributed by atoms with Gasteiger partial charge in [-0.2, -0.15) is 0 Å². The van der Waals surface area contributed by atoms with Crippen molar-refractivity contribution in [1.82, 2.24) is 10.2 Å². The normalized spacial score (nSPS) is 28.1. The van der Waals surface area contributed by atoms with Gasteiger partial charge in [0, 0.05) is 6.54 Å². The third kappa shape index (κ3) is 2.34. The highest BCUT2D eigenvalue weighted by Crippen LogP contribution is 2.27. The molecule has 0 aromatic heterocycles. The first-order valence-corrected chi connectivity index (χ1v) is 6.57. The molecular weight excluding hydrogens is 228 g/mol. The molecule has 0 aliphatic carbocycles. The summed E-state index contributed by atoms with van der Waals surface area (Å²) in [5.74, 6) is 0. The maximum absolute atomic E-state index is 11.5. The van der Waals surface area contributed by atoms with Crippen LogP contribution >= 0.6 is 0 Å². The van der Waals surface area contributed by atoms with E-state index in [9.17, 15) is 4.79 Å². The average Bonchev–Trinajstić information content (AvgIpc) is 3.01. The SMILES string of the molecule is O=C1N[C@H](CN2CCCC2)[C@@H](c2ccccc2)O1. The Morgan fingerprint density at radius 3 is 2.67 bits per heavy atom. The van der Waals surface area contributed by atoms with Gasteiger partial charge in [0.25, 0.3) is 0 Å². The van der Waals surface area contributed by atoms with Gasteiger partial charge in [0.15, 0.2) is 6.10 Å². The molecule has 0 bridgehead atoms. The molecule has 2 atom stereocenters. The topological polar surface area (TPSA) is 41.6 Å². The molecule has 0 radical (unpaired) electrons. The number of likely N-dealkylation sites (tertiary alicyclic amines) is 1. The quantitative estimate of drug-likeness (QED) is 0.886. The molecule has 1 aromatic carbocycles. The first kappa shape index (κ1) is 11.5. The second-order valence-corrected chi connectivity index (χ2v) is 5.00. The molecule has 1 amide bonds. The highest BCUT2D eigenvalue weighted by Gasteiger charge is 2.36. The van der Waals surface area contributed by atoms with E-state index in [2.05, 4.69) is 10.2 Å². The summed E-state index contributed by atoms with van der Waals surface area (Å²) in [6.07, 6.45) is 2.07. The van der Waals surface area contributed by atoms with Crippen LogP contribution in [0.15, 0.2) is 30.3 Å². The Morgan fingerprint density at radius 1 is 1.22 bits per heavy atom. The summed E-state index contributed by atoms with van der Waals surface area (Å²) >= 11 is 0. The van der Waals surface area contributed by atoms with Gasteiger partial charge in [0.05, 0.1) is 6.04 Å². The van der Waals surface area contributed by atoms with E-state index in [0.29, 0.717) is 0 Å². The van der Waals surface area contributed by atoms with E-state index in [1.165, 1.54) is 12.8 Å². The standard InChI is InChI=1S/C14H18N2O2/c17-14-15-12(10-16-8-4-5-9-16)13(18-14)11-6-2-1-3-7-11/h1-3,6-7,12-13H,4-5,8-10H2,(H,15,17)/t12-,13-/m1/s1. The van der Waals surface area contributed by atoms with Crippen molar-refractivity contribution in [3.8, 4) is 0 Å². The van der Waals surface area contributed by atoms with Crippen LogP contribution in [0.1, 0.15) is 24.5 Å².